The van der Waals surface area contributed by atoms with Gasteiger partial charge in [-0.15, -0.1) is 0 Å². The van der Waals surface area contributed by atoms with Crippen molar-refractivity contribution in [3.63, 3.8) is 0 Å². The lowest BCUT2D eigenvalue weighted by Gasteiger charge is -2.46. The zero-order valence-corrected chi connectivity index (χ0v) is 10.8. The molecule has 1 aromatic heterocycles. The quantitative estimate of drug-likeness (QED) is 0.818. The summed E-state index contributed by atoms with van der Waals surface area (Å²) in [6, 6.07) is 2.39. The van der Waals surface area contributed by atoms with Crippen LogP contribution >= 0.6 is 0 Å². The van der Waals surface area contributed by atoms with Crippen molar-refractivity contribution in [3.05, 3.63) is 18.0 Å². The summed E-state index contributed by atoms with van der Waals surface area (Å²) in [6.07, 6.45) is 5.19. The van der Waals surface area contributed by atoms with E-state index in [1.807, 2.05) is 16.9 Å². The summed E-state index contributed by atoms with van der Waals surface area (Å²) in [5.41, 5.74) is 7.13. The summed E-state index contributed by atoms with van der Waals surface area (Å²) in [7, 11) is 0. The fraction of sp³-hybridized carbons (Fsp3) is 0.769. The lowest BCUT2D eigenvalue weighted by molar-refractivity contribution is 0.0163. The first-order valence-corrected chi connectivity index (χ1v) is 6.49. The number of hydrogen-bond donors (Lipinski definition) is 2. The Labute approximate surface area is 103 Å². The molecule has 96 valence electrons. The molecule has 1 aliphatic rings. The maximum atomic E-state index is 9.68. The number of nitrogens with two attached hydrogens (primary N) is 1. The molecule has 1 aliphatic carbocycles. The Morgan fingerprint density at radius 1 is 1.53 bits per heavy atom. The minimum absolute atomic E-state index is 0.00141. The van der Waals surface area contributed by atoms with E-state index in [0.717, 1.165) is 12.8 Å². The highest BCUT2D eigenvalue weighted by Crippen LogP contribution is 2.50. The maximum Gasteiger partial charge on any atom is 0.0494 e. The molecule has 1 aromatic rings. The van der Waals surface area contributed by atoms with Gasteiger partial charge in [0, 0.05) is 42.4 Å². The molecule has 1 atom stereocenters. The molecule has 0 aromatic carbocycles. The van der Waals surface area contributed by atoms with Gasteiger partial charge in [0.15, 0.2) is 0 Å². The average Bonchev–Trinajstić information content (AvgIpc) is 2.71. The highest BCUT2D eigenvalue weighted by atomic mass is 16.3. The Hall–Kier alpha value is -0.870. The van der Waals surface area contributed by atoms with Crippen LogP contribution in [0.3, 0.4) is 0 Å². The number of aromatic nitrogens is 2. The molecule has 0 spiro atoms. The van der Waals surface area contributed by atoms with Crippen LogP contribution in [0.2, 0.25) is 0 Å². The van der Waals surface area contributed by atoms with E-state index in [4.69, 9.17) is 5.73 Å². The Bertz CT molecular complexity index is 363. The van der Waals surface area contributed by atoms with Crippen molar-refractivity contribution in [1.82, 2.24) is 9.78 Å². The summed E-state index contributed by atoms with van der Waals surface area (Å²) in [5, 5.41) is 14.1. The largest absolute Gasteiger partial charge is 0.396 e. The second kappa shape index (κ2) is 4.78. The van der Waals surface area contributed by atoms with Gasteiger partial charge in [-0.1, -0.05) is 6.42 Å². The van der Waals surface area contributed by atoms with Gasteiger partial charge in [-0.3, -0.25) is 4.68 Å². The van der Waals surface area contributed by atoms with Gasteiger partial charge in [0.25, 0.3) is 0 Å². The van der Waals surface area contributed by atoms with E-state index in [1.165, 1.54) is 12.1 Å². The summed E-state index contributed by atoms with van der Waals surface area (Å²) >= 11 is 0. The molecule has 0 radical (unpaired) electrons. The van der Waals surface area contributed by atoms with Crippen molar-refractivity contribution in [2.45, 2.75) is 45.1 Å². The van der Waals surface area contributed by atoms with E-state index < -0.39 is 0 Å². The van der Waals surface area contributed by atoms with E-state index in [9.17, 15) is 5.11 Å². The Morgan fingerprint density at radius 3 is 2.65 bits per heavy atom. The van der Waals surface area contributed by atoms with Crippen LogP contribution in [0, 0.1) is 5.41 Å². The second-order valence-electron chi connectivity index (χ2n) is 5.46. The van der Waals surface area contributed by atoms with Crippen LogP contribution in [0.5, 0.6) is 0 Å². The van der Waals surface area contributed by atoms with Crippen LogP contribution in [0.25, 0.3) is 0 Å². The van der Waals surface area contributed by atoms with Crippen molar-refractivity contribution in [2.24, 2.45) is 11.1 Å². The predicted octanol–water partition coefficient (Wildman–Crippen LogP) is 1.67. The number of aliphatic hydroxyl groups is 1. The van der Waals surface area contributed by atoms with Gasteiger partial charge in [-0.25, -0.2) is 0 Å². The third-order valence-electron chi connectivity index (χ3n) is 4.19. The molecule has 1 heterocycles. The van der Waals surface area contributed by atoms with Crippen LogP contribution < -0.4 is 5.73 Å². The molecular weight excluding hydrogens is 214 g/mol. The first kappa shape index (κ1) is 12.6. The van der Waals surface area contributed by atoms with Crippen LogP contribution in [0.1, 0.15) is 50.8 Å². The summed E-state index contributed by atoms with van der Waals surface area (Å²) in [6.45, 7) is 5.06. The molecule has 4 nitrogen and oxygen atoms in total. The SMILES string of the molecule is CC(C)n1nccc1C(CN)C1(CO)CCC1. The van der Waals surface area contributed by atoms with Crippen LogP contribution in [-0.2, 0) is 0 Å². The highest BCUT2D eigenvalue weighted by molar-refractivity contribution is 5.16. The number of hydrogen-bond acceptors (Lipinski definition) is 3. The second-order valence-corrected chi connectivity index (χ2v) is 5.46. The van der Waals surface area contributed by atoms with Gasteiger partial charge in [0.05, 0.1) is 0 Å². The Balaban J connectivity index is 2.31. The van der Waals surface area contributed by atoms with E-state index in [1.54, 1.807) is 0 Å². The van der Waals surface area contributed by atoms with Crippen molar-refractivity contribution in [3.8, 4) is 0 Å². The first-order valence-electron chi connectivity index (χ1n) is 6.49. The minimum atomic E-state index is 0.00141. The molecular formula is C13H23N3O. The molecule has 2 rings (SSSR count). The molecule has 0 bridgehead atoms. The van der Waals surface area contributed by atoms with Crippen LogP contribution in [0.4, 0.5) is 0 Å². The first-order chi connectivity index (χ1) is 8.14. The van der Waals surface area contributed by atoms with Crippen LogP contribution in [0.15, 0.2) is 12.3 Å². The normalized spacial score (nSPS) is 20.3. The number of aliphatic hydroxyl groups excluding tert-OH is 1. The van der Waals surface area contributed by atoms with Gasteiger partial charge < -0.3 is 10.8 Å². The van der Waals surface area contributed by atoms with Gasteiger partial charge in [0.1, 0.15) is 0 Å². The van der Waals surface area contributed by atoms with E-state index in [2.05, 4.69) is 18.9 Å². The van der Waals surface area contributed by atoms with Crippen molar-refractivity contribution >= 4 is 0 Å². The molecule has 0 saturated heterocycles. The highest BCUT2D eigenvalue weighted by Gasteiger charge is 2.44. The van der Waals surface area contributed by atoms with Crippen molar-refractivity contribution < 1.29 is 5.11 Å². The molecule has 4 heteroatoms. The molecule has 1 fully saturated rings. The van der Waals surface area contributed by atoms with E-state index >= 15 is 0 Å². The molecule has 1 saturated carbocycles. The van der Waals surface area contributed by atoms with Crippen molar-refractivity contribution in [1.29, 1.82) is 0 Å². The number of rotatable bonds is 5. The molecule has 17 heavy (non-hydrogen) atoms. The minimum Gasteiger partial charge on any atom is -0.396 e. The third kappa shape index (κ3) is 2.00. The predicted molar refractivity (Wildman–Crippen MR) is 67.8 cm³/mol. The third-order valence-corrected chi connectivity index (χ3v) is 4.19. The smallest absolute Gasteiger partial charge is 0.0494 e. The van der Waals surface area contributed by atoms with Gasteiger partial charge >= 0.3 is 0 Å². The van der Waals surface area contributed by atoms with Gasteiger partial charge in [-0.2, -0.15) is 5.10 Å². The molecule has 0 aliphatic heterocycles. The average molecular weight is 237 g/mol. The zero-order chi connectivity index (χ0) is 12.5. The fourth-order valence-corrected chi connectivity index (χ4v) is 2.96. The van der Waals surface area contributed by atoms with Crippen molar-refractivity contribution in [2.75, 3.05) is 13.2 Å². The maximum absolute atomic E-state index is 9.68. The summed E-state index contributed by atoms with van der Waals surface area (Å²) < 4.78 is 2.03. The van der Waals surface area contributed by atoms with Gasteiger partial charge in [-0.05, 0) is 32.8 Å². The standard InChI is InChI=1S/C13H23N3O/c1-10(2)16-12(4-7-15-16)11(8-14)13(9-17)5-3-6-13/h4,7,10-11,17H,3,5-6,8-9,14H2,1-2H3. The monoisotopic (exact) mass is 237 g/mol. The van der Waals surface area contributed by atoms with E-state index in [-0.39, 0.29) is 17.9 Å². The topological polar surface area (TPSA) is 64.1 Å². The Morgan fingerprint density at radius 2 is 2.24 bits per heavy atom. The molecule has 0 amide bonds. The number of nitrogens with zero attached hydrogens (tertiary/aromatic N) is 2. The van der Waals surface area contributed by atoms with Gasteiger partial charge in [0.2, 0.25) is 0 Å². The lowest BCUT2D eigenvalue weighted by atomic mass is 9.60. The fourth-order valence-electron chi connectivity index (χ4n) is 2.96. The summed E-state index contributed by atoms with van der Waals surface area (Å²) in [5.74, 6) is 0.228. The van der Waals surface area contributed by atoms with E-state index in [0.29, 0.717) is 12.6 Å². The zero-order valence-electron chi connectivity index (χ0n) is 10.8. The lowest BCUT2D eigenvalue weighted by Crippen LogP contribution is -2.43. The Kier molecular flexibility index (Phi) is 3.54. The molecule has 3 N–H and O–H groups in total. The summed E-state index contributed by atoms with van der Waals surface area (Å²) in [4.78, 5) is 0. The van der Waals surface area contributed by atoms with Crippen LogP contribution in [-0.4, -0.2) is 28.0 Å². The molecule has 1 unspecified atom stereocenters.